The fourth-order valence-corrected chi connectivity index (χ4v) is 0.879. The van der Waals surface area contributed by atoms with Crippen LogP contribution in [0.3, 0.4) is 0 Å². The first-order chi connectivity index (χ1) is 6.20. The summed E-state index contributed by atoms with van der Waals surface area (Å²) in [7, 11) is 0. The zero-order valence-corrected chi connectivity index (χ0v) is 6.88. The predicted molar refractivity (Wildman–Crippen MR) is 47.5 cm³/mol. The molecule has 1 heterocycles. The fraction of sp³-hybridized carbons (Fsp3) is 0.111. The largest absolute Gasteiger partial charge is 0.478 e. The molecule has 0 fully saturated rings. The number of aromatic nitrogens is 1. The average molecular weight is 179 g/mol. The van der Waals surface area contributed by atoms with Gasteiger partial charge in [-0.15, -0.1) is 0 Å². The Labute approximate surface area is 74.7 Å². The Kier molecular flexibility index (Phi) is 3.03. The lowest BCUT2D eigenvalue weighted by Gasteiger charge is -1.98. The van der Waals surface area contributed by atoms with Crippen molar-refractivity contribution >= 4 is 5.97 Å². The van der Waals surface area contributed by atoms with Crippen LogP contribution in [0.4, 0.5) is 0 Å². The maximum absolute atomic E-state index is 11.1. The van der Waals surface area contributed by atoms with Gasteiger partial charge in [0.25, 0.3) is 5.56 Å². The van der Waals surface area contributed by atoms with Gasteiger partial charge in [-0.2, -0.15) is 0 Å². The van der Waals surface area contributed by atoms with Gasteiger partial charge in [0.1, 0.15) is 0 Å². The lowest BCUT2D eigenvalue weighted by Crippen LogP contribution is -2.16. The molecule has 4 heteroatoms. The molecule has 13 heavy (non-hydrogen) atoms. The van der Waals surface area contributed by atoms with Gasteiger partial charge in [-0.25, -0.2) is 4.79 Å². The van der Waals surface area contributed by atoms with Gasteiger partial charge in [-0.1, -0.05) is 12.1 Å². The summed E-state index contributed by atoms with van der Waals surface area (Å²) in [4.78, 5) is 21.2. The molecule has 0 aromatic carbocycles. The van der Waals surface area contributed by atoms with Gasteiger partial charge in [0.2, 0.25) is 0 Å². The van der Waals surface area contributed by atoms with E-state index < -0.39 is 5.97 Å². The Morgan fingerprint density at radius 2 is 2.31 bits per heavy atom. The molecule has 1 N–H and O–H groups in total. The number of nitrogens with zero attached hydrogens (tertiary/aromatic N) is 1. The van der Waals surface area contributed by atoms with Gasteiger partial charge in [0.05, 0.1) is 0 Å². The predicted octanol–water partition coefficient (Wildman–Crippen LogP) is 0.489. The van der Waals surface area contributed by atoms with Crippen molar-refractivity contribution in [3.8, 4) is 0 Å². The van der Waals surface area contributed by atoms with Gasteiger partial charge in [-0.3, -0.25) is 4.79 Å². The Hall–Kier alpha value is -1.84. The summed E-state index contributed by atoms with van der Waals surface area (Å²) in [5, 5.41) is 8.29. The van der Waals surface area contributed by atoms with E-state index in [0.29, 0.717) is 0 Å². The van der Waals surface area contributed by atoms with Crippen LogP contribution in [-0.2, 0) is 11.3 Å². The third kappa shape index (κ3) is 2.94. The maximum atomic E-state index is 11.1. The molecular weight excluding hydrogens is 170 g/mol. The molecule has 0 spiro atoms. The summed E-state index contributed by atoms with van der Waals surface area (Å²) >= 11 is 0. The molecule has 0 aliphatic heterocycles. The first-order valence-electron chi connectivity index (χ1n) is 3.75. The fourth-order valence-electron chi connectivity index (χ4n) is 0.879. The summed E-state index contributed by atoms with van der Waals surface area (Å²) in [6.07, 6.45) is 4.04. The highest BCUT2D eigenvalue weighted by atomic mass is 16.4. The highest BCUT2D eigenvalue weighted by Crippen LogP contribution is 1.83. The Bertz CT molecular complexity index is 378. The molecule has 4 nitrogen and oxygen atoms in total. The van der Waals surface area contributed by atoms with E-state index in [4.69, 9.17) is 5.11 Å². The number of carboxylic acid groups (broad SMARTS) is 1. The second-order valence-corrected chi connectivity index (χ2v) is 2.43. The van der Waals surface area contributed by atoms with Crippen LogP contribution in [0.15, 0.2) is 41.3 Å². The maximum Gasteiger partial charge on any atom is 0.328 e. The van der Waals surface area contributed by atoms with Gasteiger partial charge in [0.15, 0.2) is 0 Å². The Balaban J connectivity index is 2.70. The zero-order chi connectivity index (χ0) is 9.68. The van der Waals surface area contributed by atoms with E-state index in [1.165, 1.54) is 16.7 Å². The number of carbonyl (C=O) groups is 1. The number of carboxylic acids is 1. The third-order valence-corrected chi connectivity index (χ3v) is 1.46. The van der Waals surface area contributed by atoms with Crippen LogP contribution in [0.5, 0.6) is 0 Å². The minimum Gasteiger partial charge on any atom is -0.478 e. The van der Waals surface area contributed by atoms with Crippen molar-refractivity contribution in [2.45, 2.75) is 6.54 Å². The van der Waals surface area contributed by atoms with Crippen molar-refractivity contribution in [2.24, 2.45) is 0 Å². The molecule has 0 aliphatic rings. The number of allylic oxidation sites excluding steroid dienone is 1. The van der Waals surface area contributed by atoms with Crippen molar-refractivity contribution in [1.82, 2.24) is 4.57 Å². The van der Waals surface area contributed by atoms with E-state index in [0.717, 1.165) is 6.08 Å². The van der Waals surface area contributed by atoms with Crippen LogP contribution in [0.25, 0.3) is 0 Å². The van der Waals surface area contributed by atoms with E-state index in [2.05, 4.69) is 0 Å². The minimum atomic E-state index is -1.01. The van der Waals surface area contributed by atoms with Crippen molar-refractivity contribution in [3.05, 3.63) is 46.9 Å². The molecule has 0 aliphatic carbocycles. The van der Waals surface area contributed by atoms with E-state index >= 15 is 0 Å². The summed E-state index contributed by atoms with van der Waals surface area (Å²) in [5.41, 5.74) is -0.141. The second-order valence-electron chi connectivity index (χ2n) is 2.43. The van der Waals surface area contributed by atoms with Crippen molar-refractivity contribution < 1.29 is 9.90 Å². The average Bonchev–Trinajstić information content (AvgIpc) is 2.08. The highest BCUT2D eigenvalue weighted by molar-refractivity contribution is 5.79. The minimum absolute atomic E-state index is 0.141. The Morgan fingerprint density at radius 1 is 1.54 bits per heavy atom. The lowest BCUT2D eigenvalue weighted by atomic mass is 10.4. The summed E-state index contributed by atoms with van der Waals surface area (Å²) in [6, 6.07) is 4.78. The van der Waals surface area contributed by atoms with E-state index in [1.54, 1.807) is 18.3 Å². The van der Waals surface area contributed by atoms with Crippen molar-refractivity contribution in [1.29, 1.82) is 0 Å². The number of hydrogen-bond donors (Lipinski definition) is 1. The molecule has 1 rings (SSSR count). The van der Waals surface area contributed by atoms with E-state index in [-0.39, 0.29) is 12.1 Å². The monoisotopic (exact) mass is 179 g/mol. The molecule has 0 amide bonds. The second kappa shape index (κ2) is 4.25. The lowest BCUT2D eigenvalue weighted by molar-refractivity contribution is -0.131. The first kappa shape index (κ1) is 9.25. The molecular formula is C9H9NO3. The molecule has 0 saturated carbocycles. The SMILES string of the molecule is O=C(O)/C=C/Cn1ccccc1=O. The van der Waals surface area contributed by atoms with Crippen LogP contribution in [0.2, 0.25) is 0 Å². The van der Waals surface area contributed by atoms with Gasteiger partial charge in [-0.05, 0) is 6.07 Å². The molecule has 0 atom stereocenters. The molecule has 68 valence electrons. The van der Waals surface area contributed by atoms with Gasteiger partial charge in [0, 0.05) is 24.9 Å². The number of hydrogen-bond acceptors (Lipinski definition) is 2. The first-order valence-corrected chi connectivity index (χ1v) is 3.75. The number of rotatable bonds is 3. The van der Waals surface area contributed by atoms with Crippen molar-refractivity contribution in [3.63, 3.8) is 0 Å². The van der Waals surface area contributed by atoms with Crippen LogP contribution in [-0.4, -0.2) is 15.6 Å². The van der Waals surface area contributed by atoms with Crippen LogP contribution in [0.1, 0.15) is 0 Å². The topological polar surface area (TPSA) is 59.3 Å². The molecule has 1 aromatic rings. The normalized spacial score (nSPS) is 10.5. The summed E-state index contributed by atoms with van der Waals surface area (Å²) < 4.78 is 1.42. The summed E-state index contributed by atoms with van der Waals surface area (Å²) in [5.74, 6) is -1.01. The van der Waals surface area contributed by atoms with E-state index in [1.807, 2.05) is 0 Å². The quantitative estimate of drug-likeness (QED) is 0.687. The number of pyridine rings is 1. The van der Waals surface area contributed by atoms with E-state index in [9.17, 15) is 9.59 Å². The van der Waals surface area contributed by atoms with Crippen LogP contribution in [0, 0.1) is 0 Å². The molecule has 0 saturated heterocycles. The van der Waals surface area contributed by atoms with Crippen molar-refractivity contribution in [2.75, 3.05) is 0 Å². The zero-order valence-electron chi connectivity index (χ0n) is 6.88. The molecule has 0 unspecified atom stereocenters. The standard InChI is InChI=1S/C9H9NO3/c11-8-4-1-2-6-10(8)7-3-5-9(12)13/h1-6H,7H2,(H,12,13)/b5-3+. The van der Waals surface area contributed by atoms with Gasteiger partial charge >= 0.3 is 5.97 Å². The molecule has 1 aromatic heterocycles. The molecule has 0 radical (unpaired) electrons. The number of aliphatic carboxylic acids is 1. The molecule has 0 bridgehead atoms. The van der Waals surface area contributed by atoms with Gasteiger partial charge < -0.3 is 9.67 Å². The smallest absolute Gasteiger partial charge is 0.328 e. The Morgan fingerprint density at radius 3 is 2.92 bits per heavy atom. The van der Waals surface area contributed by atoms with Crippen LogP contribution < -0.4 is 5.56 Å². The summed E-state index contributed by atoms with van der Waals surface area (Å²) in [6.45, 7) is 0.284. The highest BCUT2D eigenvalue weighted by Gasteiger charge is 1.90. The third-order valence-electron chi connectivity index (χ3n) is 1.46. The van der Waals surface area contributed by atoms with Crippen LogP contribution >= 0.6 is 0 Å².